The van der Waals surface area contributed by atoms with Gasteiger partial charge in [0.05, 0.1) is 24.7 Å². The number of Topliss-reactive ketones (excluding diaryl/α,β-unsaturated/α-hetero) is 1. The third-order valence-electron chi connectivity index (χ3n) is 4.34. The summed E-state index contributed by atoms with van der Waals surface area (Å²) >= 11 is 0. The number of nitrogens with zero attached hydrogens (tertiary/aromatic N) is 3. The number of carbonyl (C=O) groups is 1. The molecule has 0 saturated heterocycles. The molecule has 4 nitrogen and oxygen atoms in total. The topological polar surface area (TPSA) is 67.9 Å². The standard InChI is InChI=1S/C20H17N3O/c1-14(24)2-3-16-8-18-11-23(13-22)12-20(18)19(9-16)17-6-4-15(10-21)5-7-17/h4-9H,2-3,11-12H2,1H3. The maximum Gasteiger partial charge on any atom is 0.179 e. The first-order chi connectivity index (χ1) is 11.6. The zero-order valence-corrected chi connectivity index (χ0v) is 13.5. The van der Waals surface area contributed by atoms with Crippen molar-refractivity contribution < 1.29 is 4.79 Å². The highest BCUT2D eigenvalue weighted by Gasteiger charge is 2.22. The van der Waals surface area contributed by atoms with Gasteiger partial charge in [-0.15, -0.1) is 0 Å². The van der Waals surface area contributed by atoms with Gasteiger partial charge >= 0.3 is 0 Å². The second-order valence-corrected chi connectivity index (χ2v) is 6.13. The minimum atomic E-state index is 0.175. The van der Waals surface area contributed by atoms with Gasteiger partial charge < -0.3 is 9.69 Å². The molecule has 1 heterocycles. The van der Waals surface area contributed by atoms with Gasteiger partial charge in [0.1, 0.15) is 5.78 Å². The number of hydrogen-bond donors (Lipinski definition) is 0. The Bertz CT molecular complexity index is 869. The van der Waals surface area contributed by atoms with Gasteiger partial charge in [0, 0.05) is 6.42 Å². The molecule has 2 aromatic rings. The van der Waals surface area contributed by atoms with Crippen molar-refractivity contribution in [3.63, 3.8) is 0 Å². The van der Waals surface area contributed by atoms with Gasteiger partial charge in [0.25, 0.3) is 0 Å². The van der Waals surface area contributed by atoms with Gasteiger partial charge in [0.15, 0.2) is 6.19 Å². The van der Waals surface area contributed by atoms with Crippen LogP contribution in [-0.2, 0) is 24.3 Å². The summed E-state index contributed by atoms with van der Waals surface area (Å²) in [5.41, 5.74) is 6.18. The maximum atomic E-state index is 11.3. The van der Waals surface area contributed by atoms with E-state index in [1.54, 1.807) is 24.0 Å². The van der Waals surface area contributed by atoms with Crippen LogP contribution in [-0.4, -0.2) is 10.7 Å². The molecule has 0 aromatic heterocycles. The molecule has 0 fully saturated rings. The van der Waals surface area contributed by atoms with Crippen LogP contribution in [0, 0.1) is 22.8 Å². The van der Waals surface area contributed by atoms with E-state index in [2.05, 4.69) is 24.4 Å². The number of fused-ring (bicyclic) bond motifs is 1. The smallest absolute Gasteiger partial charge is 0.179 e. The molecule has 2 aromatic carbocycles. The average molecular weight is 315 g/mol. The average Bonchev–Trinajstić information content (AvgIpc) is 3.02. The van der Waals surface area contributed by atoms with Crippen LogP contribution in [0.1, 0.15) is 35.6 Å². The van der Waals surface area contributed by atoms with Crippen molar-refractivity contribution in [1.29, 1.82) is 10.5 Å². The van der Waals surface area contributed by atoms with Crippen molar-refractivity contribution in [3.8, 4) is 23.4 Å². The van der Waals surface area contributed by atoms with Crippen molar-refractivity contribution in [2.24, 2.45) is 0 Å². The van der Waals surface area contributed by atoms with E-state index in [9.17, 15) is 10.1 Å². The lowest BCUT2D eigenvalue weighted by atomic mass is 9.92. The monoisotopic (exact) mass is 315 g/mol. The normalized spacial score (nSPS) is 12.4. The Labute approximate surface area is 141 Å². The molecule has 0 saturated carbocycles. The van der Waals surface area contributed by atoms with E-state index in [1.807, 2.05) is 12.1 Å². The molecule has 118 valence electrons. The quantitative estimate of drug-likeness (QED) is 0.809. The molecule has 0 bridgehead atoms. The van der Waals surface area contributed by atoms with Crippen LogP contribution < -0.4 is 0 Å². The number of nitriles is 2. The summed E-state index contributed by atoms with van der Waals surface area (Å²) in [7, 11) is 0. The van der Waals surface area contributed by atoms with E-state index in [0.717, 1.165) is 27.8 Å². The van der Waals surface area contributed by atoms with Crippen LogP contribution in [0.2, 0.25) is 0 Å². The first-order valence-electron chi connectivity index (χ1n) is 7.90. The molecule has 24 heavy (non-hydrogen) atoms. The maximum absolute atomic E-state index is 11.3. The highest BCUT2D eigenvalue weighted by Crippen LogP contribution is 2.34. The lowest BCUT2D eigenvalue weighted by Gasteiger charge is -2.12. The fraction of sp³-hybridized carbons (Fsp3) is 0.250. The minimum Gasteiger partial charge on any atom is -0.302 e. The second-order valence-electron chi connectivity index (χ2n) is 6.13. The predicted molar refractivity (Wildman–Crippen MR) is 90.5 cm³/mol. The third-order valence-corrected chi connectivity index (χ3v) is 4.34. The van der Waals surface area contributed by atoms with Gasteiger partial charge in [-0.25, -0.2) is 0 Å². The SMILES string of the molecule is CC(=O)CCc1cc2c(c(-c3ccc(C#N)cc3)c1)CN(C#N)C2. The first-order valence-corrected chi connectivity index (χ1v) is 7.90. The van der Waals surface area contributed by atoms with Crippen molar-refractivity contribution in [1.82, 2.24) is 4.90 Å². The van der Waals surface area contributed by atoms with Crippen molar-refractivity contribution >= 4 is 5.78 Å². The van der Waals surface area contributed by atoms with Crippen molar-refractivity contribution in [2.45, 2.75) is 32.9 Å². The van der Waals surface area contributed by atoms with Crippen LogP contribution in [0.4, 0.5) is 0 Å². The summed E-state index contributed by atoms with van der Waals surface area (Å²) in [6.07, 6.45) is 3.44. The molecule has 0 atom stereocenters. The van der Waals surface area contributed by atoms with Gasteiger partial charge in [-0.05, 0) is 53.3 Å². The molecule has 1 aliphatic rings. The molecule has 0 radical (unpaired) electrons. The molecule has 0 amide bonds. The van der Waals surface area contributed by atoms with Crippen molar-refractivity contribution in [2.75, 3.05) is 0 Å². The second kappa shape index (κ2) is 6.56. The molecular weight excluding hydrogens is 298 g/mol. The predicted octanol–water partition coefficient (Wildman–Crippen LogP) is 3.54. The largest absolute Gasteiger partial charge is 0.302 e. The molecule has 3 rings (SSSR count). The zero-order chi connectivity index (χ0) is 17.1. The fourth-order valence-electron chi connectivity index (χ4n) is 3.10. The number of aryl methyl sites for hydroxylation is 1. The van der Waals surface area contributed by atoms with E-state index in [4.69, 9.17) is 5.26 Å². The van der Waals surface area contributed by atoms with E-state index >= 15 is 0 Å². The summed E-state index contributed by atoms with van der Waals surface area (Å²) in [6.45, 7) is 2.82. The van der Waals surface area contributed by atoms with Crippen molar-refractivity contribution in [3.05, 3.63) is 58.7 Å². The molecule has 0 N–H and O–H groups in total. The lowest BCUT2D eigenvalue weighted by molar-refractivity contribution is -0.116. The highest BCUT2D eigenvalue weighted by molar-refractivity contribution is 5.76. The number of hydrogen-bond acceptors (Lipinski definition) is 4. The highest BCUT2D eigenvalue weighted by atomic mass is 16.1. The lowest BCUT2D eigenvalue weighted by Crippen LogP contribution is -2.07. The van der Waals surface area contributed by atoms with Crippen LogP contribution in [0.5, 0.6) is 0 Å². The Kier molecular flexibility index (Phi) is 4.31. The molecular formula is C20H17N3O. The van der Waals surface area contributed by atoms with Gasteiger partial charge in [0.2, 0.25) is 0 Å². The van der Waals surface area contributed by atoms with Gasteiger partial charge in [-0.2, -0.15) is 10.5 Å². The van der Waals surface area contributed by atoms with E-state index < -0.39 is 0 Å². The number of ketones is 1. The Morgan fingerprint density at radius 3 is 2.54 bits per heavy atom. The van der Waals surface area contributed by atoms with Gasteiger partial charge in [-0.3, -0.25) is 0 Å². The summed E-state index contributed by atoms with van der Waals surface area (Å²) < 4.78 is 0. The Balaban J connectivity index is 2.04. The Hall–Kier alpha value is -3.11. The molecule has 1 aliphatic heterocycles. The summed E-state index contributed by atoms with van der Waals surface area (Å²) in [5, 5.41) is 18.2. The molecule has 0 aliphatic carbocycles. The van der Waals surface area contributed by atoms with Crippen LogP contribution in [0.25, 0.3) is 11.1 Å². The van der Waals surface area contributed by atoms with Crippen LogP contribution in [0.15, 0.2) is 36.4 Å². The van der Waals surface area contributed by atoms with Gasteiger partial charge in [-0.1, -0.05) is 24.3 Å². The van der Waals surface area contributed by atoms with Crippen LogP contribution >= 0.6 is 0 Å². The van der Waals surface area contributed by atoms with E-state index in [-0.39, 0.29) is 5.78 Å². The molecule has 4 heteroatoms. The minimum absolute atomic E-state index is 0.175. The Morgan fingerprint density at radius 1 is 1.17 bits per heavy atom. The summed E-state index contributed by atoms with van der Waals surface area (Å²) in [5.74, 6) is 0.175. The molecule has 0 spiro atoms. The Morgan fingerprint density at radius 2 is 1.92 bits per heavy atom. The summed E-state index contributed by atoms with van der Waals surface area (Å²) in [6, 6.07) is 13.9. The molecule has 0 unspecified atom stereocenters. The fourth-order valence-corrected chi connectivity index (χ4v) is 3.10. The summed E-state index contributed by atoms with van der Waals surface area (Å²) in [4.78, 5) is 13.0. The van der Waals surface area contributed by atoms with E-state index in [1.165, 1.54) is 0 Å². The number of rotatable bonds is 4. The first kappa shape index (κ1) is 15.8. The van der Waals surface area contributed by atoms with Crippen LogP contribution in [0.3, 0.4) is 0 Å². The number of carbonyl (C=O) groups excluding carboxylic acids is 1. The third kappa shape index (κ3) is 3.14. The van der Waals surface area contributed by atoms with E-state index in [0.29, 0.717) is 31.5 Å². The number of benzene rings is 2. The zero-order valence-electron chi connectivity index (χ0n) is 13.5.